The zero-order valence-electron chi connectivity index (χ0n) is 11.5. The molecule has 17 heavy (non-hydrogen) atoms. The van der Waals surface area contributed by atoms with Gasteiger partial charge in [0.05, 0.1) is 12.0 Å². The fourth-order valence-electron chi connectivity index (χ4n) is 1.96. The van der Waals surface area contributed by atoms with Crippen molar-refractivity contribution in [1.29, 1.82) is 5.26 Å². The van der Waals surface area contributed by atoms with Crippen molar-refractivity contribution in [2.45, 2.75) is 40.7 Å². The summed E-state index contributed by atoms with van der Waals surface area (Å²) in [6.45, 7) is 11.3. The van der Waals surface area contributed by atoms with Crippen molar-refractivity contribution in [3.8, 4) is 6.07 Å². The lowest BCUT2D eigenvalue weighted by molar-refractivity contribution is 0.526. The van der Waals surface area contributed by atoms with Gasteiger partial charge in [0.25, 0.3) is 0 Å². The molecule has 0 bridgehead atoms. The normalized spacial score (nSPS) is 14.1. The SMILES string of the molecule is Cc1cc(C)c(C(C)NCC(C)C#N)cc1C. The molecule has 0 heterocycles. The second kappa shape index (κ2) is 5.84. The number of nitriles is 1. The summed E-state index contributed by atoms with van der Waals surface area (Å²) in [4.78, 5) is 0. The first-order chi connectivity index (χ1) is 7.95. The second-order valence-electron chi connectivity index (χ2n) is 4.95. The van der Waals surface area contributed by atoms with Gasteiger partial charge in [-0.1, -0.05) is 12.1 Å². The Kier molecular flexibility index (Phi) is 4.72. The van der Waals surface area contributed by atoms with Crippen LogP contribution in [-0.2, 0) is 0 Å². The highest BCUT2D eigenvalue weighted by Gasteiger charge is 2.10. The van der Waals surface area contributed by atoms with Crippen LogP contribution in [0.5, 0.6) is 0 Å². The fourth-order valence-corrected chi connectivity index (χ4v) is 1.96. The molecule has 1 aromatic carbocycles. The molecule has 0 saturated heterocycles. The van der Waals surface area contributed by atoms with E-state index < -0.39 is 0 Å². The number of rotatable bonds is 4. The minimum absolute atomic E-state index is 0.0595. The van der Waals surface area contributed by atoms with Crippen LogP contribution in [0.15, 0.2) is 12.1 Å². The van der Waals surface area contributed by atoms with Crippen LogP contribution < -0.4 is 5.32 Å². The Morgan fingerprint density at radius 2 is 1.71 bits per heavy atom. The molecule has 0 radical (unpaired) electrons. The van der Waals surface area contributed by atoms with E-state index in [0.717, 1.165) is 6.54 Å². The molecule has 2 heteroatoms. The highest BCUT2D eigenvalue weighted by Crippen LogP contribution is 2.21. The van der Waals surface area contributed by atoms with Crippen LogP contribution in [0.2, 0.25) is 0 Å². The van der Waals surface area contributed by atoms with Gasteiger partial charge in [0.2, 0.25) is 0 Å². The average molecular weight is 230 g/mol. The standard InChI is InChI=1S/C15H22N2/c1-10(8-16)9-17-14(5)15-7-12(3)11(2)6-13(15)4/h6-7,10,14,17H,9H2,1-5H3. The van der Waals surface area contributed by atoms with Gasteiger partial charge in [0.15, 0.2) is 0 Å². The largest absolute Gasteiger partial charge is 0.309 e. The smallest absolute Gasteiger partial charge is 0.0666 e. The summed E-state index contributed by atoms with van der Waals surface area (Å²) >= 11 is 0. The first kappa shape index (κ1) is 13.7. The quantitative estimate of drug-likeness (QED) is 0.860. The number of hydrogen-bond donors (Lipinski definition) is 1. The summed E-state index contributed by atoms with van der Waals surface area (Å²) in [5, 5.41) is 12.2. The van der Waals surface area contributed by atoms with Crippen molar-refractivity contribution in [2.75, 3.05) is 6.54 Å². The lowest BCUT2D eigenvalue weighted by atomic mass is 9.96. The third kappa shape index (κ3) is 3.57. The van der Waals surface area contributed by atoms with E-state index in [1.165, 1.54) is 22.3 Å². The van der Waals surface area contributed by atoms with Gasteiger partial charge in [0, 0.05) is 12.6 Å². The molecular formula is C15H22N2. The summed E-state index contributed by atoms with van der Waals surface area (Å²) in [5.74, 6) is 0.0595. The van der Waals surface area contributed by atoms with Crippen LogP contribution in [0.3, 0.4) is 0 Å². The summed E-state index contributed by atoms with van der Waals surface area (Å²) < 4.78 is 0. The predicted molar refractivity (Wildman–Crippen MR) is 71.8 cm³/mol. The van der Waals surface area contributed by atoms with Gasteiger partial charge < -0.3 is 5.32 Å². The second-order valence-corrected chi connectivity index (χ2v) is 4.95. The van der Waals surface area contributed by atoms with Gasteiger partial charge in [0.1, 0.15) is 0 Å². The topological polar surface area (TPSA) is 35.8 Å². The molecule has 1 rings (SSSR count). The Balaban J connectivity index is 2.79. The number of nitrogens with zero attached hydrogens (tertiary/aromatic N) is 1. The lowest BCUT2D eigenvalue weighted by Gasteiger charge is -2.19. The maximum absolute atomic E-state index is 8.76. The predicted octanol–water partition coefficient (Wildman–Crippen LogP) is 3.42. The van der Waals surface area contributed by atoms with Gasteiger partial charge in [-0.2, -0.15) is 5.26 Å². The highest BCUT2D eigenvalue weighted by atomic mass is 14.9. The maximum atomic E-state index is 8.76. The molecule has 1 N–H and O–H groups in total. The van der Waals surface area contributed by atoms with Crippen molar-refractivity contribution in [1.82, 2.24) is 5.32 Å². The molecule has 0 saturated carbocycles. The van der Waals surface area contributed by atoms with Crippen LogP contribution in [-0.4, -0.2) is 6.54 Å². The fraction of sp³-hybridized carbons (Fsp3) is 0.533. The lowest BCUT2D eigenvalue weighted by Crippen LogP contribution is -2.24. The first-order valence-corrected chi connectivity index (χ1v) is 6.16. The van der Waals surface area contributed by atoms with E-state index in [1.807, 2.05) is 6.92 Å². The van der Waals surface area contributed by atoms with Crippen LogP contribution in [0.4, 0.5) is 0 Å². The Morgan fingerprint density at radius 3 is 2.29 bits per heavy atom. The van der Waals surface area contributed by atoms with Crippen molar-refractivity contribution in [2.24, 2.45) is 5.92 Å². The molecule has 1 aromatic rings. The minimum atomic E-state index is 0.0595. The molecule has 0 fully saturated rings. The molecule has 0 aromatic heterocycles. The number of nitrogens with one attached hydrogen (secondary N) is 1. The molecule has 92 valence electrons. The van der Waals surface area contributed by atoms with Crippen LogP contribution in [0.25, 0.3) is 0 Å². The van der Waals surface area contributed by atoms with Crippen molar-refractivity contribution in [3.63, 3.8) is 0 Å². The van der Waals surface area contributed by atoms with Crippen LogP contribution in [0, 0.1) is 38.0 Å². The number of hydrogen-bond acceptors (Lipinski definition) is 2. The number of benzene rings is 1. The van der Waals surface area contributed by atoms with Gasteiger partial charge in [-0.25, -0.2) is 0 Å². The molecule has 0 aliphatic rings. The molecule has 0 spiro atoms. The highest BCUT2D eigenvalue weighted by molar-refractivity contribution is 5.38. The summed E-state index contributed by atoms with van der Waals surface area (Å²) in [5.41, 5.74) is 5.31. The average Bonchev–Trinajstić information content (AvgIpc) is 2.30. The molecule has 2 atom stereocenters. The molecule has 0 amide bonds. The van der Waals surface area contributed by atoms with Gasteiger partial charge in [-0.15, -0.1) is 0 Å². The van der Waals surface area contributed by atoms with E-state index in [2.05, 4.69) is 51.2 Å². The van der Waals surface area contributed by atoms with E-state index in [1.54, 1.807) is 0 Å². The van der Waals surface area contributed by atoms with E-state index in [4.69, 9.17) is 5.26 Å². The summed E-state index contributed by atoms with van der Waals surface area (Å²) in [7, 11) is 0. The molecule has 0 aliphatic heterocycles. The van der Waals surface area contributed by atoms with Crippen LogP contribution in [0.1, 0.15) is 42.1 Å². The molecular weight excluding hydrogens is 208 g/mol. The Hall–Kier alpha value is -1.33. The van der Waals surface area contributed by atoms with E-state index in [-0.39, 0.29) is 5.92 Å². The third-order valence-corrected chi connectivity index (χ3v) is 3.30. The first-order valence-electron chi connectivity index (χ1n) is 6.16. The van der Waals surface area contributed by atoms with E-state index in [0.29, 0.717) is 6.04 Å². The Morgan fingerprint density at radius 1 is 1.12 bits per heavy atom. The minimum Gasteiger partial charge on any atom is -0.309 e. The van der Waals surface area contributed by atoms with Gasteiger partial charge >= 0.3 is 0 Å². The van der Waals surface area contributed by atoms with Crippen LogP contribution >= 0.6 is 0 Å². The maximum Gasteiger partial charge on any atom is 0.0666 e. The molecule has 2 unspecified atom stereocenters. The monoisotopic (exact) mass is 230 g/mol. The summed E-state index contributed by atoms with van der Waals surface area (Å²) in [6.07, 6.45) is 0. The summed E-state index contributed by atoms with van der Waals surface area (Å²) in [6, 6.07) is 7.02. The van der Waals surface area contributed by atoms with Crippen molar-refractivity contribution >= 4 is 0 Å². The van der Waals surface area contributed by atoms with E-state index in [9.17, 15) is 0 Å². The third-order valence-electron chi connectivity index (χ3n) is 3.30. The van der Waals surface area contributed by atoms with Crippen molar-refractivity contribution < 1.29 is 0 Å². The Labute approximate surface area is 105 Å². The molecule has 0 aliphatic carbocycles. The zero-order valence-corrected chi connectivity index (χ0v) is 11.5. The van der Waals surface area contributed by atoms with Crippen molar-refractivity contribution in [3.05, 3.63) is 34.4 Å². The molecule has 2 nitrogen and oxygen atoms in total. The van der Waals surface area contributed by atoms with Gasteiger partial charge in [-0.05, 0) is 56.9 Å². The Bertz CT molecular complexity index is 429. The van der Waals surface area contributed by atoms with Gasteiger partial charge in [-0.3, -0.25) is 0 Å². The van der Waals surface area contributed by atoms with E-state index >= 15 is 0 Å². The zero-order chi connectivity index (χ0) is 13.0. The number of aryl methyl sites for hydroxylation is 3.